The summed E-state index contributed by atoms with van der Waals surface area (Å²) in [6.45, 7) is 0. The number of fused-ring (bicyclic) bond motifs is 1. The third kappa shape index (κ3) is 3.77. The van der Waals surface area contributed by atoms with Crippen LogP contribution in [0, 0.1) is 17.5 Å². The van der Waals surface area contributed by atoms with Gasteiger partial charge in [-0.2, -0.15) is 0 Å². The summed E-state index contributed by atoms with van der Waals surface area (Å²) in [7, 11) is 1.34. The van der Waals surface area contributed by atoms with Crippen molar-refractivity contribution in [3.05, 3.63) is 69.3 Å². The van der Waals surface area contributed by atoms with E-state index in [-0.39, 0.29) is 15.5 Å². The standard InChI is InChI=1S/C18H12ClF3N2O2S/c1-23-17(25)15(8-2-5-11(21)12(22)6-8)24-18(26)16-14(19)10-4-3-9(20)7-13(10)27-16/h2-7,15H,1H3,(H,23,25)(H,24,26). The molecule has 0 spiro atoms. The lowest BCUT2D eigenvalue weighted by Gasteiger charge is -2.17. The molecule has 2 amide bonds. The molecule has 0 aliphatic carbocycles. The zero-order valence-corrected chi connectivity index (χ0v) is 15.4. The molecule has 1 aromatic heterocycles. The van der Waals surface area contributed by atoms with Crippen molar-refractivity contribution in [2.45, 2.75) is 6.04 Å². The van der Waals surface area contributed by atoms with Crippen LogP contribution < -0.4 is 10.6 Å². The summed E-state index contributed by atoms with van der Waals surface area (Å²) in [5.41, 5.74) is 0.0601. The van der Waals surface area contributed by atoms with Gasteiger partial charge in [-0.05, 0) is 35.9 Å². The first-order chi connectivity index (χ1) is 12.8. The summed E-state index contributed by atoms with van der Waals surface area (Å²) in [6, 6.07) is 5.53. The van der Waals surface area contributed by atoms with E-state index in [1.165, 1.54) is 31.3 Å². The van der Waals surface area contributed by atoms with Crippen LogP contribution in [0.1, 0.15) is 21.3 Å². The van der Waals surface area contributed by atoms with Gasteiger partial charge in [0, 0.05) is 17.1 Å². The molecule has 0 aliphatic heterocycles. The maximum Gasteiger partial charge on any atom is 0.263 e. The molecule has 0 aliphatic rings. The average Bonchev–Trinajstić information content (AvgIpc) is 2.97. The summed E-state index contributed by atoms with van der Waals surface area (Å²) in [4.78, 5) is 24.9. The van der Waals surface area contributed by atoms with Crippen molar-refractivity contribution < 1.29 is 22.8 Å². The van der Waals surface area contributed by atoms with Gasteiger partial charge in [-0.25, -0.2) is 13.2 Å². The Morgan fingerprint density at radius 2 is 1.81 bits per heavy atom. The van der Waals surface area contributed by atoms with E-state index in [0.29, 0.717) is 10.1 Å². The van der Waals surface area contributed by atoms with Crippen LogP contribution in [0.3, 0.4) is 0 Å². The van der Waals surface area contributed by atoms with E-state index < -0.39 is 35.3 Å². The first-order valence-electron chi connectivity index (χ1n) is 7.66. The Bertz CT molecular complexity index is 1050. The Kier molecular flexibility index (Phi) is 5.38. The van der Waals surface area contributed by atoms with E-state index in [2.05, 4.69) is 10.6 Å². The molecule has 0 fully saturated rings. The number of halogens is 4. The fourth-order valence-electron chi connectivity index (χ4n) is 2.52. The molecular weight excluding hydrogens is 401 g/mol. The molecule has 140 valence electrons. The van der Waals surface area contributed by atoms with E-state index in [4.69, 9.17) is 11.6 Å². The molecule has 3 rings (SSSR count). The SMILES string of the molecule is CNC(=O)C(NC(=O)c1sc2cc(F)ccc2c1Cl)c1ccc(F)c(F)c1. The molecule has 0 saturated heterocycles. The lowest BCUT2D eigenvalue weighted by atomic mass is 10.1. The molecule has 2 aromatic carbocycles. The summed E-state index contributed by atoms with van der Waals surface area (Å²) < 4.78 is 40.5. The largest absolute Gasteiger partial charge is 0.357 e. The van der Waals surface area contributed by atoms with Crippen molar-refractivity contribution in [1.29, 1.82) is 0 Å². The Morgan fingerprint density at radius 1 is 1.07 bits per heavy atom. The van der Waals surface area contributed by atoms with Crippen molar-refractivity contribution in [1.82, 2.24) is 10.6 Å². The lowest BCUT2D eigenvalue weighted by molar-refractivity contribution is -0.122. The number of amides is 2. The second-order valence-electron chi connectivity index (χ2n) is 5.58. The van der Waals surface area contributed by atoms with E-state index in [9.17, 15) is 22.8 Å². The number of carbonyl (C=O) groups excluding carboxylic acids is 2. The molecular formula is C18H12ClF3N2O2S. The maximum atomic E-state index is 13.5. The minimum Gasteiger partial charge on any atom is -0.357 e. The zero-order valence-electron chi connectivity index (χ0n) is 13.8. The summed E-state index contributed by atoms with van der Waals surface area (Å²) in [6.07, 6.45) is 0. The number of carbonyl (C=O) groups is 2. The maximum absolute atomic E-state index is 13.5. The predicted molar refractivity (Wildman–Crippen MR) is 97.4 cm³/mol. The third-order valence-electron chi connectivity index (χ3n) is 3.86. The molecule has 0 saturated carbocycles. The highest BCUT2D eigenvalue weighted by atomic mass is 35.5. The van der Waals surface area contributed by atoms with E-state index in [1.807, 2.05) is 0 Å². The molecule has 0 radical (unpaired) electrons. The second-order valence-corrected chi connectivity index (χ2v) is 7.01. The van der Waals surface area contributed by atoms with Crippen LogP contribution in [0.4, 0.5) is 13.2 Å². The van der Waals surface area contributed by atoms with Gasteiger partial charge in [-0.15, -0.1) is 11.3 Å². The number of hydrogen-bond donors (Lipinski definition) is 2. The number of likely N-dealkylation sites (N-methyl/N-ethyl adjacent to an activating group) is 1. The molecule has 4 nitrogen and oxygen atoms in total. The topological polar surface area (TPSA) is 58.2 Å². The van der Waals surface area contributed by atoms with E-state index in [0.717, 1.165) is 23.5 Å². The minimum absolute atomic E-state index is 0.0601. The Labute approximate surface area is 160 Å². The van der Waals surface area contributed by atoms with Crippen LogP contribution in [-0.4, -0.2) is 18.9 Å². The van der Waals surface area contributed by atoms with Crippen molar-refractivity contribution >= 4 is 44.8 Å². The average molecular weight is 413 g/mol. The van der Waals surface area contributed by atoms with Gasteiger partial charge in [0.15, 0.2) is 11.6 Å². The van der Waals surface area contributed by atoms with E-state index >= 15 is 0 Å². The zero-order chi connectivity index (χ0) is 19.7. The minimum atomic E-state index is -1.27. The van der Waals surface area contributed by atoms with Crippen LogP contribution >= 0.6 is 22.9 Å². The number of rotatable bonds is 4. The summed E-state index contributed by atoms with van der Waals surface area (Å²) >= 11 is 7.17. The Hall–Kier alpha value is -2.58. The normalized spacial score (nSPS) is 12.0. The van der Waals surface area contributed by atoms with Gasteiger partial charge in [-0.1, -0.05) is 17.7 Å². The predicted octanol–water partition coefficient (Wildman–Crippen LogP) is 4.19. The molecule has 1 atom stereocenters. The second kappa shape index (κ2) is 7.58. The molecule has 9 heteroatoms. The monoisotopic (exact) mass is 412 g/mol. The third-order valence-corrected chi connectivity index (χ3v) is 5.51. The molecule has 27 heavy (non-hydrogen) atoms. The fraction of sp³-hybridized carbons (Fsp3) is 0.111. The van der Waals surface area contributed by atoms with Crippen molar-refractivity contribution in [2.75, 3.05) is 7.05 Å². The first-order valence-corrected chi connectivity index (χ1v) is 8.86. The molecule has 2 N–H and O–H groups in total. The number of benzene rings is 2. The smallest absolute Gasteiger partial charge is 0.263 e. The highest BCUT2D eigenvalue weighted by molar-refractivity contribution is 7.21. The van der Waals surface area contributed by atoms with Gasteiger partial charge < -0.3 is 10.6 Å². The van der Waals surface area contributed by atoms with Gasteiger partial charge in [-0.3, -0.25) is 9.59 Å². The highest BCUT2D eigenvalue weighted by Crippen LogP contribution is 2.36. The van der Waals surface area contributed by atoms with Gasteiger partial charge in [0.2, 0.25) is 5.91 Å². The van der Waals surface area contributed by atoms with Gasteiger partial charge in [0.1, 0.15) is 16.7 Å². The van der Waals surface area contributed by atoms with Crippen LogP contribution in [0.2, 0.25) is 5.02 Å². The first kappa shape index (κ1) is 19.2. The van der Waals surface area contributed by atoms with Crippen LogP contribution in [0.5, 0.6) is 0 Å². The highest BCUT2D eigenvalue weighted by Gasteiger charge is 2.26. The van der Waals surface area contributed by atoms with E-state index in [1.54, 1.807) is 0 Å². The fourth-order valence-corrected chi connectivity index (χ4v) is 3.96. The van der Waals surface area contributed by atoms with Crippen molar-refractivity contribution in [3.63, 3.8) is 0 Å². The van der Waals surface area contributed by atoms with Gasteiger partial charge in [0.25, 0.3) is 5.91 Å². The van der Waals surface area contributed by atoms with Crippen LogP contribution in [0.15, 0.2) is 36.4 Å². The van der Waals surface area contributed by atoms with Crippen LogP contribution in [-0.2, 0) is 4.79 Å². The molecule has 0 bridgehead atoms. The quantitative estimate of drug-likeness (QED) is 0.675. The van der Waals surface area contributed by atoms with Crippen molar-refractivity contribution in [2.24, 2.45) is 0 Å². The number of thiophene rings is 1. The number of hydrogen-bond acceptors (Lipinski definition) is 3. The van der Waals surface area contributed by atoms with Crippen LogP contribution in [0.25, 0.3) is 10.1 Å². The summed E-state index contributed by atoms with van der Waals surface area (Å²) in [5.74, 6) is -4.02. The Morgan fingerprint density at radius 3 is 2.48 bits per heavy atom. The van der Waals surface area contributed by atoms with Crippen molar-refractivity contribution in [3.8, 4) is 0 Å². The summed E-state index contributed by atoms with van der Waals surface area (Å²) in [5, 5.41) is 5.43. The van der Waals surface area contributed by atoms with Gasteiger partial charge in [0.05, 0.1) is 5.02 Å². The Balaban J connectivity index is 1.96. The lowest BCUT2D eigenvalue weighted by Crippen LogP contribution is -2.39. The van der Waals surface area contributed by atoms with Gasteiger partial charge >= 0.3 is 0 Å². The molecule has 1 heterocycles. The molecule has 1 unspecified atom stereocenters. The molecule has 3 aromatic rings. The number of nitrogens with one attached hydrogen (secondary N) is 2.